The molecule has 42 valence electrons. The summed E-state index contributed by atoms with van der Waals surface area (Å²) in [4.78, 5) is 0. The van der Waals surface area contributed by atoms with Crippen molar-refractivity contribution in [3.05, 3.63) is 22.7 Å². The van der Waals surface area contributed by atoms with Crippen LogP contribution in [0.15, 0.2) is 22.7 Å². The second-order valence-electron chi connectivity index (χ2n) is 1.67. The molecule has 0 saturated carbocycles. The van der Waals surface area contributed by atoms with Crippen molar-refractivity contribution >= 4 is 45.5 Å². The molecule has 0 radical (unpaired) electrons. The molecule has 0 aliphatic carbocycles. The van der Waals surface area contributed by atoms with Crippen LogP contribution in [-0.4, -0.2) is 29.6 Å². The van der Waals surface area contributed by atoms with Gasteiger partial charge in [-0.3, -0.25) is 0 Å². The van der Waals surface area contributed by atoms with Crippen molar-refractivity contribution in [1.29, 1.82) is 0 Å². The normalized spacial score (nSPS) is 10.8. The van der Waals surface area contributed by atoms with E-state index in [1.54, 1.807) is 0 Å². The fourth-order valence-corrected chi connectivity index (χ4v) is 1.09. The van der Waals surface area contributed by atoms with Crippen molar-refractivity contribution < 1.29 is 4.74 Å². The summed E-state index contributed by atoms with van der Waals surface area (Å²) in [5, 5.41) is 0. The van der Waals surface area contributed by atoms with Crippen molar-refractivity contribution in [2.24, 2.45) is 0 Å². The standard InChI is InChI=1S/C6H3BrO.Na.H/c7-4-2-1-3-5-6(4)8-5;;/h1-3H;;. The van der Waals surface area contributed by atoms with E-state index in [1.807, 2.05) is 18.2 Å². The summed E-state index contributed by atoms with van der Waals surface area (Å²) in [6, 6.07) is 5.86. The number of rotatable bonds is 0. The molecule has 1 nitrogen and oxygen atoms in total. The quantitative estimate of drug-likeness (QED) is 0.462. The fraction of sp³-hybridized carbons (Fsp3) is 0. The van der Waals surface area contributed by atoms with Gasteiger partial charge in [0.05, 0.1) is 4.47 Å². The number of hydrogen-bond donors (Lipinski definition) is 0. The topological polar surface area (TPSA) is 12.5 Å². The minimum absolute atomic E-state index is 0. The monoisotopic (exact) mass is 194 g/mol. The Morgan fingerprint density at radius 2 is 2.11 bits per heavy atom. The van der Waals surface area contributed by atoms with Gasteiger partial charge < -0.3 is 4.74 Å². The van der Waals surface area contributed by atoms with Crippen LogP contribution in [0.2, 0.25) is 0 Å². The van der Waals surface area contributed by atoms with Crippen LogP contribution in [0.4, 0.5) is 0 Å². The second-order valence-corrected chi connectivity index (χ2v) is 2.52. The molecule has 0 atom stereocenters. The molecular formula is C6H4BrNaO. The Morgan fingerprint density at radius 1 is 1.33 bits per heavy atom. The number of ether oxygens (including phenoxy) is 1. The van der Waals surface area contributed by atoms with E-state index in [2.05, 4.69) is 15.9 Å². The molecule has 0 saturated heterocycles. The van der Waals surface area contributed by atoms with E-state index in [4.69, 9.17) is 4.74 Å². The van der Waals surface area contributed by atoms with Crippen LogP contribution >= 0.6 is 15.9 Å². The van der Waals surface area contributed by atoms with Crippen molar-refractivity contribution in [3.63, 3.8) is 0 Å². The summed E-state index contributed by atoms with van der Waals surface area (Å²) in [5.74, 6) is 1.99. The van der Waals surface area contributed by atoms with Gasteiger partial charge in [-0.25, -0.2) is 0 Å². The summed E-state index contributed by atoms with van der Waals surface area (Å²) < 4.78 is 6.07. The number of halogens is 1. The molecular weight excluding hydrogens is 191 g/mol. The summed E-state index contributed by atoms with van der Waals surface area (Å²) in [6.07, 6.45) is 0. The van der Waals surface area contributed by atoms with Gasteiger partial charge in [-0.15, -0.1) is 0 Å². The van der Waals surface area contributed by atoms with Crippen molar-refractivity contribution in [2.75, 3.05) is 0 Å². The summed E-state index contributed by atoms with van der Waals surface area (Å²) in [5.41, 5.74) is 0. The Kier molecular flexibility index (Phi) is 2.22. The summed E-state index contributed by atoms with van der Waals surface area (Å²) in [7, 11) is 0. The maximum atomic E-state index is 5.02. The molecule has 0 spiro atoms. The fourth-order valence-electron chi connectivity index (χ4n) is 0.656. The zero-order chi connectivity index (χ0) is 5.56. The van der Waals surface area contributed by atoms with Gasteiger partial charge in [-0.2, -0.15) is 0 Å². The van der Waals surface area contributed by atoms with Crippen LogP contribution in [0.1, 0.15) is 0 Å². The second kappa shape index (κ2) is 2.62. The first kappa shape index (κ1) is 7.61. The molecule has 0 fully saturated rings. The Morgan fingerprint density at radius 3 is 2.67 bits per heavy atom. The van der Waals surface area contributed by atoms with Gasteiger partial charge >= 0.3 is 29.6 Å². The van der Waals surface area contributed by atoms with Crippen molar-refractivity contribution in [3.8, 4) is 11.5 Å². The van der Waals surface area contributed by atoms with Crippen molar-refractivity contribution in [1.82, 2.24) is 0 Å². The van der Waals surface area contributed by atoms with E-state index in [1.165, 1.54) is 0 Å². The van der Waals surface area contributed by atoms with Crippen LogP contribution in [-0.2, 0) is 0 Å². The number of para-hydroxylation sites is 1. The van der Waals surface area contributed by atoms with Crippen LogP contribution in [0.5, 0.6) is 11.5 Å². The molecule has 2 rings (SSSR count). The SMILES string of the molecule is Brc1cccc2c1O2.[NaH]. The van der Waals surface area contributed by atoms with E-state index >= 15 is 0 Å². The molecule has 0 bridgehead atoms. The van der Waals surface area contributed by atoms with Gasteiger partial charge in [0.25, 0.3) is 0 Å². The number of benzene rings is 1. The molecule has 1 aromatic rings. The van der Waals surface area contributed by atoms with Gasteiger partial charge in [-0.1, -0.05) is 6.07 Å². The van der Waals surface area contributed by atoms with E-state index in [0.717, 1.165) is 16.0 Å². The van der Waals surface area contributed by atoms with Crippen molar-refractivity contribution in [2.45, 2.75) is 0 Å². The predicted molar refractivity (Wildman–Crippen MR) is 41.4 cm³/mol. The minimum atomic E-state index is 0. The van der Waals surface area contributed by atoms with E-state index in [-0.39, 0.29) is 29.6 Å². The molecule has 0 amide bonds. The molecule has 3 heteroatoms. The van der Waals surface area contributed by atoms with Crippen LogP contribution < -0.4 is 4.74 Å². The molecule has 0 N–H and O–H groups in total. The van der Waals surface area contributed by atoms with Crippen LogP contribution in [0.25, 0.3) is 0 Å². The van der Waals surface area contributed by atoms with Gasteiger partial charge in [0.1, 0.15) is 0 Å². The molecule has 9 heavy (non-hydrogen) atoms. The first-order chi connectivity index (χ1) is 3.88. The molecule has 0 unspecified atom stereocenters. The Bertz CT molecular complexity index is 236. The third-order valence-electron chi connectivity index (χ3n) is 1.10. The number of fused-ring (bicyclic) bond motifs is 1. The van der Waals surface area contributed by atoms with E-state index < -0.39 is 0 Å². The van der Waals surface area contributed by atoms with Gasteiger partial charge in [0.15, 0.2) is 11.5 Å². The molecule has 1 aliphatic heterocycles. The molecule has 1 aliphatic rings. The Labute approximate surface area is 83.8 Å². The average Bonchev–Trinajstić information content (AvgIpc) is 2.45. The summed E-state index contributed by atoms with van der Waals surface area (Å²) >= 11 is 3.32. The molecule has 1 heterocycles. The maximum absolute atomic E-state index is 5.02. The first-order valence-corrected chi connectivity index (χ1v) is 3.13. The van der Waals surface area contributed by atoms with E-state index in [0.29, 0.717) is 0 Å². The molecule has 0 aromatic heterocycles. The van der Waals surface area contributed by atoms with Crippen LogP contribution in [0, 0.1) is 0 Å². The summed E-state index contributed by atoms with van der Waals surface area (Å²) in [6.45, 7) is 0. The Balaban J connectivity index is 0.000000405. The zero-order valence-corrected chi connectivity index (χ0v) is 5.60. The Hall–Kier alpha value is 0.500. The van der Waals surface area contributed by atoms with E-state index in [9.17, 15) is 0 Å². The van der Waals surface area contributed by atoms with Gasteiger partial charge in [0, 0.05) is 0 Å². The first-order valence-electron chi connectivity index (χ1n) is 2.34. The van der Waals surface area contributed by atoms with Crippen LogP contribution in [0.3, 0.4) is 0 Å². The number of hydrogen-bond acceptors (Lipinski definition) is 1. The third-order valence-corrected chi connectivity index (χ3v) is 1.73. The third kappa shape index (κ3) is 1.32. The zero-order valence-electron chi connectivity index (χ0n) is 4.02. The average molecular weight is 195 g/mol. The van der Waals surface area contributed by atoms with Gasteiger partial charge in [0.2, 0.25) is 0 Å². The molecule has 1 aromatic carbocycles. The van der Waals surface area contributed by atoms with Gasteiger partial charge in [-0.05, 0) is 28.1 Å². The predicted octanol–water partition coefficient (Wildman–Crippen LogP) is 1.91.